The number of halogens is 6. The van der Waals surface area contributed by atoms with Crippen LogP contribution < -0.4 is 15.4 Å². The topological polar surface area (TPSA) is 106 Å². The molecule has 1 aliphatic rings. The molecule has 2 heterocycles. The monoisotopic (exact) mass is 600 g/mol. The highest BCUT2D eigenvalue weighted by atomic mass is 19.4. The fourth-order valence-corrected chi connectivity index (χ4v) is 4.08. The van der Waals surface area contributed by atoms with Gasteiger partial charge in [-0.2, -0.15) is 13.2 Å². The van der Waals surface area contributed by atoms with Crippen LogP contribution in [-0.4, -0.2) is 53.0 Å². The van der Waals surface area contributed by atoms with E-state index in [4.69, 9.17) is 9.15 Å². The second-order valence-corrected chi connectivity index (χ2v) is 10.3. The quantitative estimate of drug-likeness (QED) is 0.296. The lowest BCUT2D eigenvalue weighted by Gasteiger charge is -2.24. The third-order valence-corrected chi connectivity index (χ3v) is 5.80. The maximum absolute atomic E-state index is 13.7. The molecule has 226 valence electrons. The number of anilines is 2. The largest absolute Gasteiger partial charge is 0.573 e. The number of amides is 2. The second kappa shape index (κ2) is 11.4. The van der Waals surface area contributed by atoms with Gasteiger partial charge in [-0.15, -0.1) is 13.2 Å². The van der Waals surface area contributed by atoms with Crippen molar-refractivity contribution in [1.29, 1.82) is 0 Å². The number of carbonyl (C=O) groups excluding carboxylic acids is 2. The van der Waals surface area contributed by atoms with E-state index < -0.39 is 58.8 Å². The van der Waals surface area contributed by atoms with Crippen molar-refractivity contribution in [2.45, 2.75) is 51.4 Å². The van der Waals surface area contributed by atoms with E-state index in [0.29, 0.717) is 25.2 Å². The number of carbonyl (C=O) groups is 2. The number of nitrogens with zero attached hydrogens (tertiary/aromatic N) is 2. The Balaban J connectivity index is 1.46. The van der Waals surface area contributed by atoms with Crippen LogP contribution in [0.3, 0.4) is 0 Å². The van der Waals surface area contributed by atoms with Gasteiger partial charge in [-0.3, -0.25) is 4.79 Å². The highest BCUT2D eigenvalue weighted by molar-refractivity contribution is 6.04. The Morgan fingerprint density at radius 1 is 0.976 bits per heavy atom. The summed E-state index contributed by atoms with van der Waals surface area (Å²) in [6.45, 7) is 6.22. The molecule has 0 bridgehead atoms. The van der Waals surface area contributed by atoms with Crippen molar-refractivity contribution in [3.05, 3.63) is 60.0 Å². The third-order valence-electron chi connectivity index (χ3n) is 5.80. The molecule has 0 radical (unpaired) electrons. The normalized spacial score (nSPS) is 15.8. The van der Waals surface area contributed by atoms with Gasteiger partial charge in [-0.05, 0) is 63.6 Å². The van der Waals surface area contributed by atoms with Crippen molar-refractivity contribution in [2.75, 3.05) is 23.7 Å². The van der Waals surface area contributed by atoms with Crippen molar-refractivity contribution in [3.8, 4) is 17.2 Å². The van der Waals surface area contributed by atoms with Crippen molar-refractivity contribution in [1.82, 2.24) is 9.88 Å². The van der Waals surface area contributed by atoms with Gasteiger partial charge in [-0.25, -0.2) is 9.78 Å². The van der Waals surface area contributed by atoms with E-state index >= 15 is 0 Å². The van der Waals surface area contributed by atoms with E-state index in [0.717, 1.165) is 12.1 Å². The minimum atomic E-state index is -5.18. The zero-order chi connectivity index (χ0) is 30.9. The number of oxazole rings is 1. The highest BCUT2D eigenvalue weighted by Gasteiger charge is 2.42. The van der Waals surface area contributed by atoms with E-state index in [1.54, 1.807) is 37.8 Å². The van der Waals surface area contributed by atoms with Crippen LogP contribution in [0.2, 0.25) is 0 Å². The molecule has 1 fully saturated rings. The average Bonchev–Trinajstić information content (AvgIpc) is 3.51. The average molecular weight is 601 g/mol. The Labute approximate surface area is 235 Å². The number of likely N-dealkylation sites (tertiary alicyclic amines) is 1. The lowest BCUT2D eigenvalue weighted by Crippen LogP contribution is -2.36. The van der Waals surface area contributed by atoms with E-state index in [2.05, 4.69) is 20.4 Å². The molecule has 15 heteroatoms. The van der Waals surface area contributed by atoms with Crippen molar-refractivity contribution in [3.63, 3.8) is 0 Å². The van der Waals surface area contributed by atoms with Gasteiger partial charge in [0.15, 0.2) is 5.69 Å². The van der Waals surface area contributed by atoms with Crippen molar-refractivity contribution >= 4 is 23.4 Å². The lowest BCUT2D eigenvalue weighted by atomic mass is 10.2. The maximum Gasteiger partial charge on any atom is 0.573 e. The Hall–Kier alpha value is -4.43. The standard InChI is InChI=1S/C27H26F6N4O5/c1-25(2,3)42-24(39)37-13-12-17(14-37)34-15-8-10-16(11-9-15)35-22(38)20-21(26(28,29)30)40-23(36-20)18-6-4-5-7-19(18)41-27(31,32)33/h4-11,17,34H,12-14H2,1-3H3,(H,35,38)/t17-/m0/s1. The van der Waals surface area contributed by atoms with Gasteiger partial charge in [0.05, 0.1) is 5.56 Å². The van der Waals surface area contributed by atoms with Crippen LogP contribution in [0.15, 0.2) is 52.9 Å². The minimum absolute atomic E-state index is 0.0787. The number of benzene rings is 2. The van der Waals surface area contributed by atoms with Crippen molar-refractivity contribution < 1.29 is 49.8 Å². The first-order valence-electron chi connectivity index (χ1n) is 12.6. The number of rotatable bonds is 6. The molecule has 42 heavy (non-hydrogen) atoms. The fraction of sp³-hybridized carbons (Fsp3) is 0.370. The molecule has 4 rings (SSSR count). The van der Waals surface area contributed by atoms with Gasteiger partial charge < -0.3 is 29.4 Å². The van der Waals surface area contributed by atoms with Crippen LogP contribution in [0.5, 0.6) is 5.75 Å². The molecule has 3 aromatic rings. The molecule has 2 aromatic carbocycles. The molecule has 0 saturated carbocycles. The van der Waals surface area contributed by atoms with Gasteiger partial charge in [-0.1, -0.05) is 12.1 Å². The van der Waals surface area contributed by atoms with Crippen LogP contribution in [0, 0.1) is 0 Å². The van der Waals surface area contributed by atoms with E-state index in [9.17, 15) is 35.9 Å². The van der Waals surface area contributed by atoms with Gasteiger partial charge >= 0.3 is 18.6 Å². The fourth-order valence-electron chi connectivity index (χ4n) is 4.08. The summed E-state index contributed by atoms with van der Waals surface area (Å²) < 4.78 is 93.4. The number of nitrogens with one attached hydrogen (secondary N) is 2. The summed E-state index contributed by atoms with van der Waals surface area (Å²) >= 11 is 0. The molecule has 1 aromatic heterocycles. The summed E-state index contributed by atoms with van der Waals surface area (Å²) in [5.74, 6) is -4.82. The Morgan fingerprint density at radius 2 is 1.62 bits per heavy atom. The predicted octanol–water partition coefficient (Wildman–Crippen LogP) is 6.93. The van der Waals surface area contributed by atoms with E-state index in [-0.39, 0.29) is 11.7 Å². The van der Waals surface area contributed by atoms with Gasteiger partial charge in [0.1, 0.15) is 11.4 Å². The number of hydrogen-bond donors (Lipinski definition) is 2. The molecule has 1 aliphatic heterocycles. The number of alkyl halides is 6. The molecular formula is C27H26F6N4O5. The van der Waals surface area contributed by atoms with Gasteiger partial charge in [0, 0.05) is 30.5 Å². The Kier molecular flexibility index (Phi) is 8.32. The summed E-state index contributed by atoms with van der Waals surface area (Å²) in [4.78, 5) is 30.2. The summed E-state index contributed by atoms with van der Waals surface area (Å²) in [6.07, 6.45) is -10.1. The first-order chi connectivity index (χ1) is 19.5. The summed E-state index contributed by atoms with van der Waals surface area (Å²) in [5.41, 5.74) is -1.58. The maximum atomic E-state index is 13.7. The second-order valence-electron chi connectivity index (χ2n) is 10.3. The molecule has 9 nitrogen and oxygen atoms in total. The SMILES string of the molecule is CC(C)(C)OC(=O)N1CC[C@H](Nc2ccc(NC(=O)c3nc(-c4ccccc4OC(F)(F)F)oc3C(F)(F)F)cc2)C1. The highest BCUT2D eigenvalue weighted by Crippen LogP contribution is 2.39. The van der Waals surface area contributed by atoms with Gasteiger partial charge in [0.2, 0.25) is 11.7 Å². The molecule has 1 saturated heterocycles. The smallest absolute Gasteiger partial charge is 0.444 e. The molecule has 0 aliphatic carbocycles. The predicted molar refractivity (Wildman–Crippen MR) is 138 cm³/mol. The van der Waals surface area contributed by atoms with Crippen LogP contribution in [0.25, 0.3) is 11.5 Å². The van der Waals surface area contributed by atoms with E-state index in [1.165, 1.54) is 24.3 Å². The van der Waals surface area contributed by atoms with Crippen LogP contribution >= 0.6 is 0 Å². The number of hydrogen-bond acceptors (Lipinski definition) is 7. The molecule has 1 atom stereocenters. The third kappa shape index (κ3) is 7.85. The number of ether oxygens (including phenoxy) is 2. The molecule has 0 spiro atoms. The first-order valence-corrected chi connectivity index (χ1v) is 12.6. The molecular weight excluding hydrogens is 574 g/mol. The molecule has 0 unspecified atom stereocenters. The van der Waals surface area contributed by atoms with Crippen LogP contribution in [-0.2, 0) is 10.9 Å². The van der Waals surface area contributed by atoms with E-state index in [1.807, 2.05) is 0 Å². The first kappa shape index (κ1) is 30.5. The summed E-state index contributed by atoms with van der Waals surface area (Å²) in [6, 6.07) is 10.2. The Morgan fingerprint density at radius 3 is 2.24 bits per heavy atom. The zero-order valence-corrected chi connectivity index (χ0v) is 22.5. The van der Waals surface area contributed by atoms with Gasteiger partial charge in [0.25, 0.3) is 5.91 Å². The lowest BCUT2D eigenvalue weighted by molar-refractivity contribution is -0.274. The summed E-state index contributed by atoms with van der Waals surface area (Å²) in [7, 11) is 0. The van der Waals surface area contributed by atoms with Crippen LogP contribution in [0.4, 0.5) is 42.5 Å². The molecule has 2 N–H and O–H groups in total. The molecule has 2 amide bonds. The van der Waals surface area contributed by atoms with Crippen molar-refractivity contribution in [2.24, 2.45) is 0 Å². The number of aromatic nitrogens is 1. The number of para-hydroxylation sites is 1. The summed E-state index contributed by atoms with van der Waals surface area (Å²) in [5, 5.41) is 5.53. The van der Waals surface area contributed by atoms with Crippen LogP contribution in [0.1, 0.15) is 43.4 Å². The minimum Gasteiger partial charge on any atom is -0.444 e. The zero-order valence-electron chi connectivity index (χ0n) is 22.5. The Bertz CT molecular complexity index is 1430.